The normalized spacial score (nSPS) is 12.1. The molecule has 0 bridgehead atoms. The highest BCUT2D eigenvalue weighted by Gasteiger charge is 2.27. The van der Waals surface area contributed by atoms with Crippen molar-refractivity contribution in [3.63, 3.8) is 0 Å². The van der Waals surface area contributed by atoms with Gasteiger partial charge in [-0.2, -0.15) is 0 Å². The average Bonchev–Trinajstić information content (AvgIpc) is 2.31. The Kier molecular flexibility index (Phi) is 4.45. The number of aliphatic hydroxyl groups excluding tert-OH is 1. The van der Waals surface area contributed by atoms with E-state index in [0.29, 0.717) is 5.56 Å². The Morgan fingerprint density at radius 2 is 2.18 bits per heavy atom. The molecule has 1 unspecified atom stereocenters. The van der Waals surface area contributed by atoms with Gasteiger partial charge in [-0.3, -0.25) is 0 Å². The number of halogens is 1. The standard InChI is InChI=1S/C12H15FO4/c1-4-17-12(15)10(14)9-8(13)6-5-7(2)11(9)16-3/h5-6,10,14H,4H2,1-3H3. The maximum atomic E-state index is 13.6. The van der Waals surface area contributed by atoms with Crippen LogP contribution in [0.25, 0.3) is 0 Å². The second kappa shape index (κ2) is 5.63. The third kappa shape index (κ3) is 2.74. The van der Waals surface area contributed by atoms with E-state index in [4.69, 9.17) is 4.74 Å². The molecule has 0 heterocycles. The summed E-state index contributed by atoms with van der Waals surface area (Å²) in [5.74, 6) is -1.44. The Hall–Kier alpha value is -1.62. The Labute approximate surface area is 99.0 Å². The van der Waals surface area contributed by atoms with Gasteiger partial charge < -0.3 is 14.6 Å². The second-order valence-electron chi connectivity index (χ2n) is 3.47. The SMILES string of the molecule is CCOC(=O)C(O)c1c(F)ccc(C)c1OC. The Bertz CT molecular complexity index is 417. The van der Waals surface area contributed by atoms with E-state index in [2.05, 4.69) is 4.74 Å². The molecule has 94 valence electrons. The molecule has 0 amide bonds. The van der Waals surface area contributed by atoms with Gasteiger partial charge in [-0.05, 0) is 25.5 Å². The number of aryl methyl sites for hydroxylation is 1. The first-order chi connectivity index (χ1) is 8.02. The number of ether oxygens (including phenoxy) is 2. The third-order valence-corrected chi connectivity index (χ3v) is 2.33. The lowest BCUT2D eigenvalue weighted by atomic mass is 10.0. The van der Waals surface area contributed by atoms with E-state index in [1.807, 2.05) is 0 Å². The first-order valence-electron chi connectivity index (χ1n) is 5.20. The van der Waals surface area contributed by atoms with Crippen LogP contribution in [0.1, 0.15) is 24.2 Å². The van der Waals surface area contributed by atoms with Crippen LogP contribution in [0, 0.1) is 12.7 Å². The van der Waals surface area contributed by atoms with Crippen molar-refractivity contribution in [1.29, 1.82) is 0 Å². The number of rotatable bonds is 4. The third-order valence-electron chi connectivity index (χ3n) is 2.33. The predicted molar refractivity (Wildman–Crippen MR) is 59.3 cm³/mol. The second-order valence-corrected chi connectivity index (χ2v) is 3.47. The fourth-order valence-corrected chi connectivity index (χ4v) is 1.55. The molecule has 1 rings (SSSR count). The van der Waals surface area contributed by atoms with Crippen molar-refractivity contribution in [2.75, 3.05) is 13.7 Å². The van der Waals surface area contributed by atoms with E-state index in [0.717, 1.165) is 0 Å². The van der Waals surface area contributed by atoms with Gasteiger partial charge in [0.05, 0.1) is 19.3 Å². The minimum atomic E-state index is -1.68. The van der Waals surface area contributed by atoms with E-state index < -0.39 is 17.9 Å². The molecule has 0 aliphatic carbocycles. The minimum absolute atomic E-state index is 0.117. The van der Waals surface area contributed by atoms with Gasteiger partial charge in [0.1, 0.15) is 11.6 Å². The molecule has 0 radical (unpaired) electrons. The minimum Gasteiger partial charge on any atom is -0.496 e. The summed E-state index contributed by atoms with van der Waals surface area (Å²) in [5, 5.41) is 9.74. The van der Waals surface area contributed by atoms with Gasteiger partial charge in [-0.25, -0.2) is 9.18 Å². The van der Waals surface area contributed by atoms with Crippen molar-refractivity contribution < 1.29 is 23.8 Å². The largest absolute Gasteiger partial charge is 0.496 e. The summed E-state index contributed by atoms with van der Waals surface area (Å²) < 4.78 is 23.3. The summed E-state index contributed by atoms with van der Waals surface area (Å²) in [6.45, 7) is 3.42. The number of benzene rings is 1. The smallest absolute Gasteiger partial charge is 0.339 e. The highest BCUT2D eigenvalue weighted by atomic mass is 19.1. The number of aliphatic hydroxyl groups is 1. The fraction of sp³-hybridized carbons (Fsp3) is 0.417. The van der Waals surface area contributed by atoms with Gasteiger partial charge in [0, 0.05) is 0 Å². The van der Waals surface area contributed by atoms with Gasteiger partial charge in [0.15, 0.2) is 6.10 Å². The van der Waals surface area contributed by atoms with Crippen molar-refractivity contribution in [2.45, 2.75) is 20.0 Å². The first-order valence-corrected chi connectivity index (χ1v) is 5.20. The number of esters is 1. The molecule has 5 heteroatoms. The average molecular weight is 242 g/mol. The van der Waals surface area contributed by atoms with Crippen LogP contribution in [0.2, 0.25) is 0 Å². The molecular formula is C12H15FO4. The maximum Gasteiger partial charge on any atom is 0.339 e. The molecule has 0 fully saturated rings. The van der Waals surface area contributed by atoms with Crippen LogP contribution in [-0.4, -0.2) is 24.8 Å². The van der Waals surface area contributed by atoms with Crippen molar-refractivity contribution in [2.24, 2.45) is 0 Å². The van der Waals surface area contributed by atoms with Gasteiger partial charge in [-0.15, -0.1) is 0 Å². The Morgan fingerprint density at radius 1 is 1.53 bits per heavy atom. The summed E-state index contributed by atoms with van der Waals surface area (Å²) in [5.41, 5.74) is 0.443. The molecule has 0 saturated carbocycles. The topological polar surface area (TPSA) is 55.8 Å². The molecule has 0 saturated heterocycles. The van der Waals surface area contributed by atoms with Crippen LogP contribution in [0.5, 0.6) is 5.75 Å². The molecule has 0 spiro atoms. The van der Waals surface area contributed by atoms with E-state index >= 15 is 0 Å². The summed E-state index contributed by atoms with van der Waals surface area (Å²) in [4.78, 5) is 11.4. The van der Waals surface area contributed by atoms with Crippen LogP contribution in [0.4, 0.5) is 4.39 Å². The zero-order valence-corrected chi connectivity index (χ0v) is 9.99. The highest BCUT2D eigenvalue weighted by Crippen LogP contribution is 2.31. The molecule has 1 atom stereocenters. The molecule has 0 aliphatic rings. The summed E-state index contributed by atoms with van der Waals surface area (Å²) in [7, 11) is 1.35. The van der Waals surface area contributed by atoms with Gasteiger partial charge >= 0.3 is 5.97 Å². The van der Waals surface area contributed by atoms with Crippen molar-refractivity contribution in [3.05, 3.63) is 29.1 Å². The van der Waals surface area contributed by atoms with E-state index in [9.17, 15) is 14.3 Å². The number of carbonyl (C=O) groups is 1. The number of hydrogen-bond donors (Lipinski definition) is 1. The summed E-state index contributed by atoms with van der Waals surface area (Å²) in [6, 6.07) is 2.69. The van der Waals surface area contributed by atoms with E-state index in [1.54, 1.807) is 13.8 Å². The summed E-state index contributed by atoms with van der Waals surface area (Å²) >= 11 is 0. The van der Waals surface area contributed by atoms with Crippen LogP contribution in [-0.2, 0) is 9.53 Å². The van der Waals surface area contributed by atoms with Gasteiger partial charge in [0.2, 0.25) is 0 Å². The van der Waals surface area contributed by atoms with E-state index in [1.165, 1.54) is 19.2 Å². The molecule has 17 heavy (non-hydrogen) atoms. The Balaban J connectivity index is 3.20. The quantitative estimate of drug-likeness (QED) is 0.817. The van der Waals surface area contributed by atoms with Gasteiger partial charge in [-0.1, -0.05) is 6.07 Å². The lowest BCUT2D eigenvalue weighted by Crippen LogP contribution is -2.18. The van der Waals surface area contributed by atoms with E-state index in [-0.39, 0.29) is 17.9 Å². The lowest BCUT2D eigenvalue weighted by Gasteiger charge is -2.16. The molecule has 0 aliphatic heterocycles. The summed E-state index contributed by atoms with van der Waals surface area (Å²) in [6.07, 6.45) is -1.68. The maximum absolute atomic E-state index is 13.6. The van der Waals surface area contributed by atoms with Crippen molar-refractivity contribution in [1.82, 2.24) is 0 Å². The molecule has 0 aromatic heterocycles. The Morgan fingerprint density at radius 3 is 2.71 bits per heavy atom. The fourth-order valence-electron chi connectivity index (χ4n) is 1.55. The zero-order valence-electron chi connectivity index (χ0n) is 9.99. The van der Waals surface area contributed by atoms with Crippen molar-refractivity contribution in [3.8, 4) is 5.75 Å². The van der Waals surface area contributed by atoms with Crippen molar-refractivity contribution >= 4 is 5.97 Å². The highest BCUT2D eigenvalue weighted by molar-refractivity contribution is 5.77. The monoisotopic (exact) mass is 242 g/mol. The zero-order chi connectivity index (χ0) is 13.0. The molecular weight excluding hydrogens is 227 g/mol. The molecule has 1 aromatic carbocycles. The van der Waals surface area contributed by atoms with Gasteiger partial charge in [0.25, 0.3) is 0 Å². The van der Waals surface area contributed by atoms with Crippen LogP contribution in [0.3, 0.4) is 0 Å². The lowest BCUT2D eigenvalue weighted by molar-refractivity contribution is -0.153. The van der Waals surface area contributed by atoms with Crippen LogP contribution in [0.15, 0.2) is 12.1 Å². The predicted octanol–water partition coefficient (Wildman–Crippen LogP) is 1.74. The molecule has 1 N–H and O–H groups in total. The van der Waals surface area contributed by atoms with Crippen LogP contribution < -0.4 is 4.74 Å². The molecule has 4 nitrogen and oxygen atoms in total. The first kappa shape index (κ1) is 13.4. The van der Waals surface area contributed by atoms with Crippen LogP contribution >= 0.6 is 0 Å². The number of methoxy groups -OCH3 is 1. The number of carbonyl (C=O) groups excluding carboxylic acids is 1. The number of hydrogen-bond acceptors (Lipinski definition) is 4. The molecule has 1 aromatic rings.